The number of halogens is 4. The molecule has 1 nitrogen and oxygen atoms in total. The van der Waals surface area contributed by atoms with Gasteiger partial charge in [-0.1, -0.05) is 11.6 Å². The minimum Gasteiger partial charge on any atom is -0.310 e. The average Bonchev–Trinajstić information content (AvgIpc) is 2.54. The summed E-state index contributed by atoms with van der Waals surface area (Å²) in [5.74, 6) is -1.12. The maximum Gasteiger partial charge on any atom is 0.132 e. The molecule has 0 aliphatic carbocycles. The van der Waals surface area contributed by atoms with Gasteiger partial charge in [0, 0.05) is 16.6 Å². The second kappa shape index (κ2) is 5.10. The molecule has 0 saturated carbocycles. The van der Waals surface area contributed by atoms with Crippen molar-refractivity contribution in [2.45, 2.75) is 18.9 Å². The lowest BCUT2D eigenvalue weighted by atomic mass is 10.0. The fourth-order valence-electron chi connectivity index (χ4n) is 1.82. The molecule has 0 radical (unpaired) electrons. The molecule has 15 heavy (non-hydrogen) atoms. The highest BCUT2D eigenvalue weighted by Crippen LogP contribution is 2.29. The Kier molecular flexibility index (Phi) is 4.32. The third-order valence-corrected chi connectivity index (χ3v) is 2.67. The van der Waals surface area contributed by atoms with Crippen molar-refractivity contribution >= 4 is 24.0 Å². The van der Waals surface area contributed by atoms with Crippen LogP contribution in [0.1, 0.15) is 24.4 Å². The van der Waals surface area contributed by atoms with Gasteiger partial charge < -0.3 is 5.32 Å². The molecular weight excluding hydrogens is 243 g/mol. The fourth-order valence-corrected chi connectivity index (χ4v) is 2.01. The molecule has 1 heterocycles. The Balaban J connectivity index is 0.00000112. The summed E-state index contributed by atoms with van der Waals surface area (Å²) in [7, 11) is 0. The van der Waals surface area contributed by atoms with Crippen molar-refractivity contribution in [1.29, 1.82) is 0 Å². The maximum absolute atomic E-state index is 13.4. The normalized spacial score (nSPS) is 20.1. The third-order valence-electron chi connectivity index (χ3n) is 2.45. The molecule has 0 unspecified atom stereocenters. The molecule has 1 aliphatic rings. The van der Waals surface area contributed by atoms with Gasteiger partial charge in [0.2, 0.25) is 0 Å². The van der Waals surface area contributed by atoms with Gasteiger partial charge in [-0.25, -0.2) is 8.78 Å². The van der Waals surface area contributed by atoms with Gasteiger partial charge in [-0.2, -0.15) is 0 Å². The van der Waals surface area contributed by atoms with Gasteiger partial charge in [0.05, 0.1) is 0 Å². The Morgan fingerprint density at radius 2 is 1.87 bits per heavy atom. The van der Waals surface area contributed by atoms with Gasteiger partial charge in [0.15, 0.2) is 0 Å². The Morgan fingerprint density at radius 3 is 2.33 bits per heavy atom. The van der Waals surface area contributed by atoms with Crippen LogP contribution in [0.3, 0.4) is 0 Å². The molecule has 1 saturated heterocycles. The highest BCUT2D eigenvalue weighted by Gasteiger charge is 2.23. The Hall–Kier alpha value is -0.380. The molecule has 1 fully saturated rings. The molecule has 1 aromatic carbocycles. The van der Waals surface area contributed by atoms with Crippen LogP contribution in [0, 0.1) is 11.6 Å². The summed E-state index contributed by atoms with van der Waals surface area (Å²) in [6, 6.07) is 2.10. The Morgan fingerprint density at radius 1 is 1.27 bits per heavy atom. The molecule has 84 valence electrons. The van der Waals surface area contributed by atoms with Crippen LogP contribution in [-0.2, 0) is 0 Å². The largest absolute Gasteiger partial charge is 0.310 e. The second-order valence-corrected chi connectivity index (χ2v) is 3.87. The van der Waals surface area contributed by atoms with E-state index in [1.54, 1.807) is 0 Å². The van der Waals surface area contributed by atoms with Crippen molar-refractivity contribution in [3.63, 3.8) is 0 Å². The van der Waals surface area contributed by atoms with Crippen LogP contribution in [0.5, 0.6) is 0 Å². The van der Waals surface area contributed by atoms with E-state index in [0.717, 1.165) is 31.5 Å². The van der Waals surface area contributed by atoms with Crippen LogP contribution in [0.2, 0.25) is 5.02 Å². The zero-order valence-electron chi connectivity index (χ0n) is 7.90. The van der Waals surface area contributed by atoms with Gasteiger partial charge in [-0.05, 0) is 31.5 Å². The van der Waals surface area contributed by atoms with Crippen LogP contribution in [0.15, 0.2) is 12.1 Å². The molecule has 1 N–H and O–H groups in total. The molecular formula is C10H11Cl2F2N. The maximum atomic E-state index is 13.4. The van der Waals surface area contributed by atoms with Crippen molar-refractivity contribution in [2.75, 3.05) is 6.54 Å². The molecule has 0 aromatic heterocycles. The van der Waals surface area contributed by atoms with Gasteiger partial charge >= 0.3 is 0 Å². The predicted molar refractivity (Wildman–Crippen MR) is 58.6 cm³/mol. The van der Waals surface area contributed by atoms with E-state index >= 15 is 0 Å². The minimum absolute atomic E-state index is 0. The van der Waals surface area contributed by atoms with Crippen LogP contribution < -0.4 is 5.32 Å². The first-order valence-corrected chi connectivity index (χ1v) is 4.94. The highest BCUT2D eigenvalue weighted by atomic mass is 35.5. The average molecular weight is 254 g/mol. The topological polar surface area (TPSA) is 12.0 Å². The zero-order chi connectivity index (χ0) is 10.1. The van der Waals surface area contributed by atoms with E-state index < -0.39 is 11.6 Å². The van der Waals surface area contributed by atoms with E-state index in [1.165, 1.54) is 0 Å². The van der Waals surface area contributed by atoms with Crippen LogP contribution in [0.4, 0.5) is 8.78 Å². The minimum atomic E-state index is -0.561. The lowest BCUT2D eigenvalue weighted by Gasteiger charge is -2.12. The molecule has 0 amide bonds. The summed E-state index contributed by atoms with van der Waals surface area (Å²) in [5.41, 5.74) is 0.118. The Bertz CT molecular complexity index is 328. The summed E-state index contributed by atoms with van der Waals surface area (Å²) in [5, 5.41) is 3.15. The van der Waals surface area contributed by atoms with E-state index in [9.17, 15) is 8.78 Å². The van der Waals surface area contributed by atoms with Crippen LogP contribution >= 0.6 is 24.0 Å². The van der Waals surface area contributed by atoms with E-state index in [0.29, 0.717) is 0 Å². The molecule has 0 spiro atoms. The predicted octanol–water partition coefficient (Wildman–Crippen LogP) is 3.46. The molecule has 1 atom stereocenters. The standard InChI is InChI=1S/C10H10ClF2N.ClH/c11-6-4-7(12)10(8(13)5-6)9-2-1-3-14-9;/h4-5,9,14H,1-3H2;1H/t9-;/m0./s1. The van der Waals surface area contributed by atoms with E-state index in [2.05, 4.69) is 5.32 Å². The number of nitrogens with one attached hydrogen (secondary N) is 1. The van der Waals surface area contributed by atoms with Gasteiger partial charge in [-0.3, -0.25) is 0 Å². The fraction of sp³-hybridized carbons (Fsp3) is 0.400. The van der Waals surface area contributed by atoms with Crippen molar-refractivity contribution in [3.05, 3.63) is 34.4 Å². The SMILES string of the molecule is Cl.Fc1cc(Cl)cc(F)c1[C@@H]1CCCN1. The monoisotopic (exact) mass is 253 g/mol. The van der Waals surface area contributed by atoms with Gasteiger partial charge in [-0.15, -0.1) is 12.4 Å². The lowest BCUT2D eigenvalue weighted by molar-refractivity contribution is 0.507. The quantitative estimate of drug-likeness (QED) is 0.809. The van der Waals surface area contributed by atoms with Crippen molar-refractivity contribution in [2.24, 2.45) is 0 Å². The van der Waals surface area contributed by atoms with Crippen molar-refractivity contribution in [3.8, 4) is 0 Å². The molecule has 1 aromatic rings. The van der Waals surface area contributed by atoms with E-state index in [-0.39, 0.29) is 29.0 Å². The number of rotatable bonds is 1. The number of hydrogen-bond donors (Lipinski definition) is 1. The van der Waals surface area contributed by atoms with Crippen molar-refractivity contribution in [1.82, 2.24) is 5.32 Å². The molecule has 5 heteroatoms. The zero-order valence-corrected chi connectivity index (χ0v) is 9.47. The number of benzene rings is 1. The first-order valence-electron chi connectivity index (χ1n) is 4.56. The highest BCUT2D eigenvalue weighted by molar-refractivity contribution is 6.30. The van der Waals surface area contributed by atoms with E-state index in [4.69, 9.17) is 11.6 Å². The lowest BCUT2D eigenvalue weighted by Crippen LogP contribution is -2.16. The van der Waals surface area contributed by atoms with E-state index in [1.807, 2.05) is 0 Å². The summed E-state index contributed by atoms with van der Waals surface area (Å²) < 4.78 is 26.8. The third kappa shape index (κ3) is 2.60. The second-order valence-electron chi connectivity index (χ2n) is 3.43. The first-order chi connectivity index (χ1) is 6.68. The van der Waals surface area contributed by atoms with Crippen molar-refractivity contribution < 1.29 is 8.78 Å². The number of hydrogen-bond acceptors (Lipinski definition) is 1. The smallest absolute Gasteiger partial charge is 0.132 e. The molecule has 2 rings (SSSR count). The summed E-state index contributed by atoms with van der Waals surface area (Å²) in [6.07, 6.45) is 1.72. The van der Waals surface area contributed by atoms with Crippen LogP contribution in [0.25, 0.3) is 0 Å². The molecule has 0 bridgehead atoms. The first kappa shape index (κ1) is 12.7. The Labute approximate surface area is 98.2 Å². The molecule has 1 aliphatic heterocycles. The summed E-state index contributed by atoms with van der Waals surface area (Å²) in [4.78, 5) is 0. The van der Waals surface area contributed by atoms with Crippen LogP contribution in [-0.4, -0.2) is 6.54 Å². The van der Waals surface area contributed by atoms with Gasteiger partial charge in [0.25, 0.3) is 0 Å². The summed E-state index contributed by atoms with van der Waals surface area (Å²) in [6.45, 7) is 0.812. The van der Waals surface area contributed by atoms with Gasteiger partial charge in [0.1, 0.15) is 11.6 Å². The summed E-state index contributed by atoms with van der Waals surface area (Å²) >= 11 is 5.53.